The van der Waals surface area contributed by atoms with Gasteiger partial charge in [0.2, 0.25) is 0 Å². The molecule has 0 spiro atoms. The van der Waals surface area contributed by atoms with E-state index in [4.69, 9.17) is 21.3 Å². The van der Waals surface area contributed by atoms with Crippen molar-refractivity contribution in [3.63, 3.8) is 0 Å². The highest BCUT2D eigenvalue weighted by Gasteiger charge is 2.14. The van der Waals surface area contributed by atoms with Gasteiger partial charge in [-0.25, -0.2) is 4.98 Å². The van der Waals surface area contributed by atoms with Gasteiger partial charge < -0.3 is 4.74 Å². The largest absolute Gasteiger partial charge is 0.487 e. The smallest absolute Gasteiger partial charge is 0.146 e. The molecule has 1 N–H and O–H groups in total. The first-order chi connectivity index (χ1) is 16.1. The van der Waals surface area contributed by atoms with E-state index in [-0.39, 0.29) is 0 Å². The number of rotatable bonds is 10. The van der Waals surface area contributed by atoms with E-state index in [0.717, 1.165) is 50.5 Å². The lowest BCUT2D eigenvalue weighted by atomic mass is 10.0. The second kappa shape index (κ2) is 11.0. The summed E-state index contributed by atoms with van der Waals surface area (Å²) < 4.78 is 11.6. The summed E-state index contributed by atoms with van der Waals surface area (Å²) in [6.07, 6.45) is 7.70. The quantitative estimate of drug-likeness (QED) is 0.218. The monoisotopic (exact) mass is 481 g/mol. The summed E-state index contributed by atoms with van der Waals surface area (Å²) in [5.74, 6) is 1.81. The van der Waals surface area contributed by atoms with Gasteiger partial charge >= 0.3 is 0 Å². The number of halogens is 1. The van der Waals surface area contributed by atoms with Crippen LogP contribution in [0.15, 0.2) is 48.9 Å². The maximum Gasteiger partial charge on any atom is 0.146 e. The van der Waals surface area contributed by atoms with Crippen LogP contribution in [0.5, 0.6) is 5.75 Å². The van der Waals surface area contributed by atoms with Crippen LogP contribution >= 0.6 is 23.5 Å². The molecule has 6 nitrogen and oxygen atoms in total. The minimum atomic E-state index is 0.341. The van der Waals surface area contributed by atoms with Crippen LogP contribution in [0.4, 0.5) is 0 Å². The van der Waals surface area contributed by atoms with Crippen LogP contribution in [-0.4, -0.2) is 25.5 Å². The highest BCUT2D eigenvalue weighted by Crippen LogP contribution is 2.33. The highest BCUT2D eigenvalue weighted by atomic mass is 35.5. The van der Waals surface area contributed by atoms with Crippen molar-refractivity contribution in [2.75, 3.05) is 5.75 Å². The average molecular weight is 482 g/mol. The number of unbranched alkanes of at least 4 members (excludes halogenated alkanes) is 1. The average Bonchev–Trinajstić information content (AvgIpc) is 3.23. The van der Waals surface area contributed by atoms with Crippen molar-refractivity contribution < 1.29 is 4.74 Å². The van der Waals surface area contributed by atoms with Gasteiger partial charge in [-0.05, 0) is 37.1 Å². The normalized spacial score (nSPS) is 11.3. The summed E-state index contributed by atoms with van der Waals surface area (Å²) >= 11 is 8.24. The van der Waals surface area contributed by atoms with Crippen LogP contribution in [0.3, 0.4) is 0 Å². The molecular weight excluding hydrogens is 454 g/mol. The Hall–Kier alpha value is -2.61. The Morgan fingerprint density at radius 3 is 2.88 bits per heavy atom. The number of hydrogen-bond donors (Lipinski definition) is 1. The van der Waals surface area contributed by atoms with Gasteiger partial charge in [0.05, 0.1) is 10.7 Å². The summed E-state index contributed by atoms with van der Waals surface area (Å²) in [7, 11) is 1.94. The van der Waals surface area contributed by atoms with Crippen molar-refractivity contribution in [3.05, 3.63) is 70.8 Å². The lowest BCUT2D eigenvalue weighted by Crippen LogP contribution is -2.10. The van der Waals surface area contributed by atoms with E-state index in [1.165, 1.54) is 12.8 Å². The topological polar surface area (TPSA) is 64.9 Å². The molecule has 0 atom stereocenters. The highest BCUT2D eigenvalue weighted by molar-refractivity contribution is 7.97. The Morgan fingerprint density at radius 1 is 1.21 bits per heavy atom. The molecule has 0 unspecified atom stereocenters. The van der Waals surface area contributed by atoms with Crippen LogP contribution < -0.4 is 9.46 Å². The van der Waals surface area contributed by atoms with E-state index in [2.05, 4.69) is 33.9 Å². The maximum absolute atomic E-state index is 6.51. The molecule has 0 saturated carbocycles. The molecule has 0 aliphatic heterocycles. The fourth-order valence-corrected chi connectivity index (χ4v) is 4.77. The molecule has 0 saturated heterocycles. The summed E-state index contributed by atoms with van der Waals surface area (Å²) in [5.41, 5.74) is 5.84. The van der Waals surface area contributed by atoms with Gasteiger partial charge in [-0.2, -0.15) is 5.10 Å². The van der Waals surface area contributed by atoms with Crippen molar-refractivity contribution in [2.45, 2.75) is 39.8 Å². The number of fused-ring (bicyclic) bond motifs is 1. The molecular formula is C25H28ClN5OS. The molecule has 0 aliphatic rings. The van der Waals surface area contributed by atoms with E-state index in [9.17, 15) is 0 Å². The fraction of sp³-hybridized carbons (Fsp3) is 0.320. The van der Waals surface area contributed by atoms with Crippen LogP contribution in [0.2, 0.25) is 5.02 Å². The predicted molar refractivity (Wildman–Crippen MR) is 136 cm³/mol. The number of ether oxygens (including phenoxy) is 1. The maximum atomic E-state index is 6.51. The summed E-state index contributed by atoms with van der Waals surface area (Å²) in [5, 5.41) is 5.95. The van der Waals surface area contributed by atoms with Gasteiger partial charge in [-0.15, -0.1) is 0 Å². The third-order valence-electron chi connectivity index (χ3n) is 5.46. The van der Waals surface area contributed by atoms with Crippen molar-refractivity contribution in [2.24, 2.45) is 7.05 Å². The van der Waals surface area contributed by atoms with E-state index >= 15 is 0 Å². The van der Waals surface area contributed by atoms with Crippen molar-refractivity contribution in [1.82, 2.24) is 24.5 Å². The molecule has 0 fully saturated rings. The van der Waals surface area contributed by atoms with Gasteiger partial charge in [0.25, 0.3) is 0 Å². The zero-order valence-electron chi connectivity index (χ0n) is 19.1. The first-order valence-corrected chi connectivity index (χ1v) is 12.4. The predicted octanol–water partition coefficient (Wildman–Crippen LogP) is 6.11. The number of pyridine rings is 2. The minimum Gasteiger partial charge on any atom is -0.487 e. The Labute approximate surface area is 203 Å². The number of hydrogen-bond acceptors (Lipinski definition) is 6. The number of nitrogens with one attached hydrogen (secondary N) is 1. The lowest BCUT2D eigenvalue weighted by Gasteiger charge is -2.15. The van der Waals surface area contributed by atoms with E-state index < -0.39 is 0 Å². The first kappa shape index (κ1) is 23.5. The fourth-order valence-electron chi connectivity index (χ4n) is 3.70. The third-order valence-corrected chi connectivity index (χ3v) is 6.63. The molecule has 3 heterocycles. The number of benzene rings is 1. The summed E-state index contributed by atoms with van der Waals surface area (Å²) in [4.78, 5) is 9.06. The van der Waals surface area contributed by atoms with Crippen molar-refractivity contribution in [3.8, 4) is 17.0 Å². The van der Waals surface area contributed by atoms with E-state index in [0.29, 0.717) is 18.2 Å². The van der Waals surface area contributed by atoms with Crippen LogP contribution in [0, 0.1) is 6.92 Å². The summed E-state index contributed by atoms with van der Waals surface area (Å²) in [6.45, 7) is 5.21. The standard InChI is InChI=1S/C25H28ClN5OS/c1-4-5-11-33-29-14-18-13-27-15-22(26)21(18)16-32-24-8-6-7-19-20(12-17(2)30-25(19)24)23-9-10-28-31(23)3/h6-10,12-13,15,29H,4-5,11,14,16H2,1-3H3. The van der Waals surface area contributed by atoms with Gasteiger partial charge in [-0.3, -0.25) is 14.4 Å². The van der Waals surface area contributed by atoms with Crippen LogP contribution in [-0.2, 0) is 20.2 Å². The molecule has 33 heavy (non-hydrogen) atoms. The molecule has 0 aliphatic carbocycles. The van der Waals surface area contributed by atoms with Gasteiger partial charge in [0.1, 0.15) is 17.9 Å². The molecule has 8 heteroatoms. The Balaban J connectivity index is 1.60. The SMILES string of the molecule is CCCCSNCc1cncc(Cl)c1COc1cccc2c(-c3ccnn3C)cc(C)nc12. The lowest BCUT2D eigenvalue weighted by molar-refractivity contribution is 0.308. The number of aryl methyl sites for hydroxylation is 2. The number of nitrogens with zero attached hydrogens (tertiary/aromatic N) is 4. The molecule has 0 amide bonds. The molecule has 4 aromatic rings. The zero-order valence-corrected chi connectivity index (χ0v) is 20.7. The first-order valence-electron chi connectivity index (χ1n) is 11.1. The third kappa shape index (κ3) is 5.49. The molecule has 172 valence electrons. The zero-order chi connectivity index (χ0) is 23.2. The van der Waals surface area contributed by atoms with Crippen molar-refractivity contribution in [1.29, 1.82) is 0 Å². The van der Waals surface area contributed by atoms with E-state index in [1.807, 2.05) is 43.0 Å². The number of para-hydroxylation sites is 1. The second-order valence-electron chi connectivity index (χ2n) is 7.87. The van der Waals surface area contributed by atoms with E-state index in [1.54, 1.807) is 24.3 Å². The Bertz CT molecular complexity index is 1240. The molecule has 3 aromatic heterocycles. The molecule has 1 aromatic carbocycles. The molecule has 0 bridgehead atoms. The Kier molecular flexibility index (Phi) is 7.85. The second-order valence-corrected chi connectivity index (χ2v) is 9.27. The van der Waals surface area contributed by atoms with Crippen LogP contribution in [0.1, 0.15) is 36.6 Å². The molecule has 0 radical (unpaired) electrons. The number of aromatic nitrogens is 4. The van der Waals surface area contributed by atoms with Crippen LogP contribution in [0.25, 0.3) is 22.2 Å². The molecule has 4 rings (SSSR count). The van der Waals surface area contributed by atoms with Gasteiger partial charge in [0, 0.05) is 60.1 Å². The van der Waals surface area contributed by atoms with Gasteiger partial charge in [0.15, 0.2) is 0 Å². The van der Waals surface area contributed by atoms with Gasteiger partial charge in [-0.1, -0.05) is 49.0 Å². The summed E-state index contributed by atoms with van der Waals surface area (Å²) in [6, 6.07) is 10.1. The minimum absolute atomic E-state index is 0.341. The van der Waals surface area contributed by atoms with Crippen molar-refractivity contribution >= 4 is 34.5 Å². The Morgan fingerprint density at radius 2 is 2.09 bits per heavy atom.